The van der Waals surface area contributed by atoms with Crippen LogP contribution in [0.25, 0.3) is 0 Å². The van der Waals surface area contributed by atoms with Gasteiger partial charge in [-0.1, -0.05) is 12.8 Å². The van der Waals surface area contributed by atoms with E-state index in [1.54, 1.807) is 0 Å². The third kappa shape index (κ3) is 5.22. The van der Waals surface area contributed by atoms with Crippen molar-refractivity contribution in [3.63, 3.8) is 0 Å². The number of amides is 1. The maximum Gasteiger partial charge on any atom is 0.451 e. The summed E-state index contributed by atoms with van der Waals surface area (Å²) in [5, 5.41) is 41.4. The van der Waals surface area contributed by atoms with Crippen LogP contribution >= 0.6 is 0 Å². The van der Waals surface area contributed by atoms with Crippen molar-refractivity contribution in [3.05, 3.63) is 0 Å². The summed E-state index contributed by atoms with van der Waals surface area (Å²) < 4.78 is 0. The van der Waals surface area contributed by atoms with E-state index < -0.39 is 37.2 Å². The van der Waals surface area contributed by atoms with Crippen LogP contribution in [-0.2, 0) is 9.59 Å². The summed E-state index contributed by atoms with van der Waals surface area (Å²) in [5.74, 6) is -1.51. The van der Waals surface area contributed by atoms with E-state index in [2.05, 4.69) is 10.6 Å². The van der Waals surface area contributed by atoms with E-state index in [1.165, 1.54) is 0 Å². The van der Waals surface area contributed by atoms with Crippen molar-refractivity contribution in [2.45, 2.75) is 49.6 Å². The first-order chi connectivity index (χ1) is 10.3. The number of hydrogen-bond donors (Lipinski definition) is 7. The van der Waals surface area contributed by atoms with Crippen molar-refractivity contribution in [1.29, 1.82) is 0 Å². The van der Waals surface area contributed by atoms with Crippen molar-refractivity contribution in [2.75, 3.05) is 13.2 Å². The van der Waals surface area contributed by atoms with Crippen LogP contribution < -0.4 is 16.4 Å². The number of rotatable bonds is 9. The lowest BCUT2D eigenvalue weighted by Gasteiger charge is -2.25. The number of aliphatic hydroxyl groups is 1. The maximum atomic E-state index is 11.6. The quantitative estimate of drug-likeness (QED) is 0.178. The summed E-state index contributed by atoms with van der Waals surface area (Å²) in [6, 6.07) is -1.39. The number of nitrogens with one attached hydrogen (secondary N) is 2. The molecule has 0 aromatic heterocycles. The number of carboxylic acids is 1. The average Bonchev–Trinajstić information content (AvgIpc) is 2.87. The third-order valence-electron chi connectivity index (χ3n) is 3.89. The molecule has 1 heterocycles. The van der Waals surface area contributed by atoms with Crippen LogP contribution in [0.5, 0.6) is 0 Å². The van der Waals surface area contributed by atoms with Gasteiger partial charge in [0.25, 0.3) is 0 Å². The molecule has 0 spiro atoms. The highest BCUT2D eigenvalue weighted by Gasteiger charge is 2.45. The summed E-state index contributed by atoms with van der Waals surface area (Å²) in [4.78, 5) is 23.2. The van der Waals surface area contributed by atoms with Crippen molar-refractivity contribution >= 4 is 19.0 Å². The van der Waals surface area contributed by atoms with Crippen LogP contribution in [0.3, 0.4) is 0 Å². The zero-order valence-electron chi connectivity index (χ0n) is 12.4. The van der Waals surface area contributed by atoms with Gasteiger partial charge in [0.05, 0.1) is 6.61 Å². The fourth-order valence-corrected chi connectivity index (χ4v) is 2.59. The molecule has 9 nitrogen and oxygen atoms in total. The SMILES string of the molecule is NC(CO)C(=O)N[C@H]1CN[C@@](CCCCB(O)O)(C(=O)O)C1. The first-order valence-electron chi connectivity index (χ1n) is 7.32. The van der Waals surface area contributed by atoms with Gasteiger partial charge in [-0.15, -0.1) is 0 Å². The Bertz CT molecular complexity index is 397. The van der Waals surface area contributed by atoms with Crippen LogP contribution in [0.2, 0.25) is 6.32 Å². The zero-order chi connectivity index (χ0) is 16.8. The van der Waals surface area contributed by atoms with Crippen LogP contribution in [0, 0.1) is 0 Å². The van der Waals surface area contributed by atoms with E-state index in [1.807, 2.05) is 0 Å². The highest BCUT2D eigenvalue weighted by atomic mass is 16.4. The van der Waals surface area contributed by atoms with Gasteiger partial charge < -0.3 is 31.3 Å². The van der Waals surface area contributed by atoms with Crippen molar-refractivity contribution in [3.8, 4) is 0 Å². The highest BCUT2D eigenvalue weighted by Crippen LogP contribution is 2.26. The molecule has 1 rings (SSSR count). The fraction of sp³-hybridized carbons (Fsp3) is 0.833. The van der Waals surface area contributed by atoms with Crippen molar-refractivity contribution < 1.29 is 29.9 Å². The monoisotopic (exact) mass is 317 g/mol. The van der Waals surface area contributed by atoms with Crippen LogP contribution in [-0.4, -0.2) is 70.0 Å². The number of carbonyl (C=O) groups excluding carboxylic acids is 1. The number of unbranched alkanes of at least 4 members (excludes halogenated alkanes) is 1. The minimum absolute atomic E-state index is 0.196. The second-order valence-electron chi connectivity index (χ2n) is 5.69. The predicted octanol–water partition coefficient (Wildman–Crippen LogP) is -2.75. The average molecular weight is 317 g/mol. The summed E-state index contributed by atoms with van der Waals surface area (Å²) in [6.45, 7) is -0.168. The molecule has 3 atom stereocenters. The molecule has 1 aliphatic heterocycles. The van der Waals surface area contributed by atoms with Gasteiger partial charge >= 0.3 is 13.1 Å². The third-order valence-corrected chi connectivity index (χ3v) is 3.89. The van der Waals surface area contributed by atoms with Crippen molar-refractivity contribution in [2.24, 2.45) is 5.73 Å². The minimum atomic E-state index is -1.38. The molecule has 1 unspecified atom stereocenters. The van der Waals surface area contributed by atoms with E-state index in [0.29, 0.717) is 25.8 Å². The Morgan fingerprint density at radius 1 is 1.41 bits per heavy atom. The second-order valence-corrected chi connectivity index (χ2v) is 5.69. The van der Waals surface area contributed by atoms with E-state index in [0.717, 1.165) is 0 Å². The minimum Gasteiger partial charge on any atom is -0.480 e. The van der Waals surface area contributed by atoms with Gasteiger partial charge in [-0.25, -0.2) is 0 Å². The van der Waals surface area contributed by atoms with Crippen molar-refractivity contribution in [1.82, 2.24) is 10.6 Å². The molecule has 0 aromatic rings. The topological polar surface area (TPSA) is 165 Å². The van der Waals surface area contributed by atoms with E-state index >= 15 is 0 Å². The van der Waals surface area contributed by atoms with Crippen LogP contribution in [0.1, 0.15) is 25.7 Å². The lowest BCUT2D eigenvalue weighted by Crippen LogP contribution is -2.48. The van der Waals surface area contributed by atoms with E-state index in [-0.39, 0.29) is 18.8 Å². The smallest absolute Gasteiger partial charge is 0.451 e. The Labute approximate surface area is 129 Å². The zero-order valence-corrected chi connectivity index (χ0v) is 12.4. The number of carbonyl (C=O) groups is 2. The normalized spacial score (nSPS) is 25.7. The summed E-state index contributed by atoms with van der Waals surface area (Å²) in [7, 11) is -1.38. The van der Waals surface area contributed by atoms with Gasteiger partial charge in [0, 0.05) is 12.6 Å². The second kappa shape index (κ2) is 8.44. The molecule has 22 heavy (non-hydrogen) atoms. The molecular weight excluding hydrogens is 293 g/mol. The summed E-state index contributed by atoms with van der Waals surface area (Å²) >= 11 is 0. The van der Waals surface area contributed by atoms with Crippen LogP contribution in [0.4, 0.5) is 0 Å². The van der Waals surface area contributed by atoms with Gasteiger partial charge in [0.2, 0.25) is 5.91 Å². The first kappa shape index (κ1) is 18.9. The Morgan fingerprint density at radius 3 is 2.64 bits per heavy atom. The van der Waals surface area contributed by atoms with E-state index in [9.17, 15) is 14.7 Å². The summed E-state index contributed by atoms with van der Waals surface area (Å²) in [5.41, 5.74) is 4.27. The standard InChI is InChI=1S/C12H24BN3O6/c14-9(7-17)10(18)16-8-5-12(11(19)20,15-6-8)3-1-2-4-13(21)22/h8-9,15,17,21-22H,1-7,14H2,(H,16,18)(H,19,20)/t8-,9?,12-/m1/s1. The lowest BCUT2D eigenvalue weighted by molar-refractivity contribution is -0.144. The van der Waals surface area contributed by atoms with Gasteiger partial charge in [0.15, 0.2) is 0 Å². The van der Waals surface area contributed by atoms with Gasteiger partial charge in [0.1, 0.15) is 11.6 Å². The Hall–Kier alpha value is -1.20. The Kier molecular flexibility index (Phi) is 7.23. The Balaban J connectivity index is 2.52. The van der Waals surface area contributed by atoms with E-state index in [4.69, 9.17) is 20.9 Å². The first-order valence-corrected chi connectivity index (χ1v) is 7.32. The molecule has 10 heteroatoms. The molecule has 1 aliphatic rings. The lowest BCUT2D eigenvalue weighted by atomic mass is 9.81. The number of nitrogens with two attached hydrogens (primary N) is 1. The number of aliphatic hydroxyl groups excluding tert-OH is 1. The molecule has 1 amide bonds. The number of hydrogen-bond acceptors (Lipinski definition) is 7. The molecule has 1 saturated heterocycles. The van der Waals surface area contributed by atoms with Gasteiger partial charge in [-0.2, -0.15) is 0 Å². The molecule has 1 fully saturated rings. The molecule has 8 N–H and O–H groups in total. The molecule has 0 bridgehead atoms. The molecule has 0 radical (unpaired) electrons. The number of aliphatic carboxylic acids is 1. The van der Waals surface area contributed by atoms with Gasteiger partial charge in [-0.3, -0.25) is 14.9 Å². The molecule has 126 valence electrons. The fourth-order valence-electron chi connectivity index (χ4n) is 2.59. The van der Waals surface area contributed by atoms with Crippen LogP contribution in [0.15, 0.2) is 0 Å². The summed E-state index contributed by atoms with van der Waals surface area (Å²) in [6.07, 6.45) is 1.76. The highest BCUT2D eigenvalue weighted by molar-refractivity contribution is 6.40. The predicted molar refractivity (Wildman–Crippen MR) is 78.8 cm³/mol. The molecule has 0 saturated carbocycles. The molecular formula is C12H24BN3O6. The molecule has 0 aliphatic carbocycles. The largest absolute Gasteiger partial charge is 0.480 e. The maximum absolute atomic E-state index is 11.6. The Morgan fingerprint density at radius 2 is 2.09 bits per heavy atom. The van der Waals surface area contributed by atoms with Gasteiger partial charge in [-0.05, 0) is 19.2 Å². The number of carboxylic acid groups (broad SMARTS) is 1. The molecule has 0 aromatic carbocycles.